The number of carboxylic acids is 2. The molecule has 2 aliphatic rings. The number of likely N-dealkylation sites (N-methyl/N-ethyl adjacent to an activating group) is 1. The number of rotatable bonds is 8. The average Bonchev–Trinajstić information content (AvgIpc) is 3.49. The summed E-state index contributed by atoms with van der Waals surface area (Å²) in [6, 6.07) is 10.3. The van der Waals surface area contributed by atoms with Crippen LogP contribution in [-0.2, 0) is 24.4 Å². The quantitative estimate of drug-likeness (QED) is 0.356. The second kappa shape index (κ2) is 12.4. The van der Waals surface area contributed by atoms with E-state index in [1.54, 1.807) is 24.3 Å². The van der Waals surface area contributed by atoms with Crippen molar-refractivity contribution in [3.63, 3.8) is 0 Å². The summed E-state index contributed by atoms with van der Waals surface area (Å²) in [6.07, 6.45) is 4.46. The molecule has 3 heterocycles. The van der Waals surface area contributed by atoms with Gasteiger partial charge in [-0.1, -0.05) is 6.92 Å². The number of likely N-dealkylation sites (tertiary alicyclic amines) is 1. The first kappa shape index (κ1) is 28.5. The highest BCUT2D eigenvalue weighted by Gasteiger charge is 2.33. The fraction of sp³-hybridized carbons (Fsp3) is 0.320. The van der Waals surface area contributed by atoms with Crippen LogP contribution in [0.1, 0.15) is 42.5 Å². The number of benzene rings is 1. The van der Waals surface area contributed by atoms with E-state index in [0.717, 1.165) is 25.9 Å². The van der Waals surface area contributed by atoms with Crippen molar-refractivity contribution >= 4 is 33.6 Å². The van der Waals surface area contributed by atoms with Gasteiger partial charge in [0.05, 0.1) is 17.3 Å². The van der Waals surface area contributed by atoms with Crippen LogP contribution in [0.4, 0.5) is 5.69 Å². The van der Waals surface area contributed by atoms with Crippen molar-refractivity contribution in [2.45, 2.75) is 36.6 Å². The topological polar surface area (TPSA) is 190 Å². The molecule has 0 spiro atoms. The summed E-state index contributed by atoms with van der Waals surface area (Å²) in [6.45, 7) is 4.35. The minimum absolute atomic E-state index is 0.0664. The number of hydrogen-bond acceptors (Lipinski definition) is 8. The molecule has 1 aromatic heterocycles. The summed E-state index contributed by atoms with van der Waals surface area (Å²) in [7, 11) is -3.69. The molecule has 1 aromatic carbocycles. The zero-order valence-corrected chi connectivity index (χ0v) is 21.3. The van der Waals surface area contributed by atoms with Gasteiger partial charge in [0.1, 0.15) is 10.8 Å². The Balaban J connectivity index is 0.000000436. The Hall–Kier alpha value is -4.12. The van der Waals surface area contributed by atoms with Crippen molar-refractivity contribution in [1.82, 2.24) is 14.6 Å². The highest BCUT2D eigenvalue weighted by atomic mass is 32.2. The molecule has 2 unspecified atom stereocenters. The van der Waals surface area contributed by atoms with Crippen LogP contribution in [0.5, 0.6) is 0 Å². The maximum Gasteiger partial charge on any atom is 0.328 e. The van der Waals surface area contributed by atoms with E-state index in [0.29, 0.717) is 41.2 Å². The average molecular weight is 542 g/mol. The lowest BCUT2D eigenvalue weighted by Gasteiger charge is -2.22. The highest BCUT2D eigenvalue weighted by Crippen LogP contribution is 2.37. The molecule has 13 heteroatoms. The maximum absolute atomic E-state index is 12.7. The van der Waals surface area contributed by atoms with E-state index in [1.807, 2.05) is 0 Å². The van der Waals surface area contributed by atoms with Crippen molar-refractivity contribution < 1.29 is 33.0 Å². The van der Waals surface area contributed by atoms with Gasteiger partial charge in [0.15, 0.2) is 0 Å². The molecular weight excluding hydrogens is 514 g/mol. The number of aliphatic carboxylic acids is 2. The first-order valence-electron chi connectivity index (χ1n) is 11.7. The molecule has 2 aromatic rings. The van der Waals surface area contributed by atoms with E-state index >= 15 is 0 Å². The number of carbonyl (C=O) groups is 3. The summed E-state index contributed by atoms with van der Waals surface area (Å²) in [5, 5.41) is 27.5. The van der Waals surface area contributed by atoms with E-state index < -0.39 is 27.9 Å². The van der Waals surface area contributed by atoms with Crippen molar-refractivity contribution in [2.24, 2.45) is 0 Å². The monoisotopic (exact) mass is 541 g/mol. The number of carboxylic acid groups (broad SMARTS) is 2. The van der Waals surface area contributed by atoms with Crippen molar-refractivity contribution in [3.8, 4) is 6.07 Å². The molecule has 1 saturated heterocycles. The van der Waals surface area contributed by atoms with Crippen LogP contribution in [0.3, 0.4) is 0 Å². The van der Waals surface area contributed by atoms with Crippen LogP contribution in [0, 0.1) is 11.3 Å². The van der Waals surface area contributed by atoms with Gasteiger partial charge in [0, 0.05) is 36.6 Å². The van der Waals surface area contributed by atoms with Crippen molar-refractivity contribution in [1.29, 1.82) is 5.26 Å². The zero-order valence-electron chi connectivity index (χ0n) is 20.5. The lowest BCUT2D eigenvalue weighted by atomic mass is 9.95. The van der Waals surface area contributed by atoms with Crippen LogP contribution in [0.2, 0.25) is 0 Å². The Morgan fingerprint density at radius 1 is 1.24 bits per heavy atom. The highest BCUT2D eigenvalue weighted by molar-refractivity contribution is 7.89. The van der Waals surface area contributed by atoms with Crippen LogP contribution in [0.25, 0.3) is 0 Å². The molecule has 4 N–H and O–H groups in total. The van der Waals surface area contributed by atoms with Gasteiger partial charge in [-0.2, -0.15) is 5.26 Å². The largest absolute Gasteiger partial charge is 0.478 e. The molecule has 1 amide bonds. The summed E-state index contributed by atoms with van der Waals surface area (Å²) >= 11 is 0. The van der Waals surface area contributed by atoms with E-state index in [2.05, 4.69) is 32.9 Å². The summed E-state index contributed by atoms with van der Waals surface area (Å²) in [5.41, 5.74) is 2.20. The Labute approximate surface area is 219 Å². The molecule has 0 aliphatic carbocycles. The van der Waals surface area contributed by atoms with Gasteiger partial charge in [0.2, 0.25) is 15.9 Å². The first-order valence-corrected chi connectivity index (χ1v) is 13.2. The first-order chi connectivity index (χ1) is 18.1. The minimum atomic E-state index is -3.69. The standard InChI is InChI=1S/C21H23N5O3S.C4H4O4/c1-2-26-9-3-4-15(26)12-24-30(28,29)16-6-8-19(23-13-16)20-17-10-14(11-22)5-7-18(17)25-21(20)27;5-3(6)1-2-4(7)8/h5-8,10,13,15,20,24H,2-4,9,12H2,1H3,(H,25,27);1-2H,(H,5,6)(H,7,8)/b;2-1+. The molecule has 12 nitrogen and oxygen atoms in total. The van der Waals surface area contributed by atoms with E-state index in [4.69, 9.17) is 15.5 Å². The molecule has 38 heavy (non-hydrogen) atoms. The maximum atomic E-state index is 12.7. The number of amides is 1. The third kappa shape index (κ3) is 7.00. The number of nitrogens with one attached hydrogen (secondary N) is 2. The van der Waals surface area contributed by atoms with Gasteiger partial charge in [-0.25, -0.2) is 22.7 Å². The Bertz CT molecular complexity index is 1370. The van der Waals surface area contributed by atoms with Crippen LogP contribution >= 0.6 is 0 Å². The number of hydrogen-bond donors (Lipinski definition) is 4. The smallest absolute Gasteiger partial charge is 0.328 e. The van der Waals surface area contributed by atoms with Gasteiger partial charge >= 0.3 is 11.9 Å². The van der Waals surface area contributed by atoms with Crippen molar-refractivity contribution in [3.05, 3.63) is 65.5 Å². The molecule has 0 radical (unpaired) electrons. The third-order valence-electron chi connectivity index (χ3n) is 6.16. The Kier molecular flexibility index (Phi) is 9.30. The number of nitrogens with zero attached hydrogens (tertiary/aromatic N) is 3. The number of aromatic nitrogens is 1. The lowest BCUT2D eigenvalue weighted by molar-refractivity contribution is -0.134. The fourth-order valence-corrected chi connectivity index (χ4v) is 5.34. The number of pyridine rings is 1. The van der Waals surface area contributed by atoms with Gasteiger partial charge in [0.25, 0.3) is 0 Å². The number of fused-ring (bicyclic) bond motifs is 1. The molecule has 4 rings (SSSR count). The van der Waals surface area contributed by atoms with E-state index in [1.165, 1.54) is 12.3 Å². The second-order valence-electron chi connectivity index (χ2n) is 8.54. The lowest BCUT2D eigenvalue weighted by Crippen LogP contribution is -2.40. The van der Waals surface area contributed by atoms with Crippen LogP contribution in [0.15, 0.2) is 53.6 Å². The third-order valence-corrected chi connectivity index (χ3v) is 7.57. The summed E-state index contributed by atoms with van der Waals surface area (Å²) in [5.74, 6) is -3.43. The number of carbonyl (C=O) groups excluding carboxylic acids is 1. The van der Waals surface area contributed by atoms with Crippen molar-refractivity contribution in [2.75, 3.05) is 25.0 Å². The van der Waals surface area contributed by atoms with Gasteiger partial charge < -0.3 is 15.5 Å². The number of anilines is 1. The van der Waals surface area contributed by atoms with Gasteiger partial charge in [-0.15, -0.1) is 0 Å². The Morgan fingerprint density at radius 3 is 2.53 bits per heavy atom. The molecule has 200 valence electrons. The molecular formula is C25H27N5O7S. The molecule has 0 saturated carbocycles. The predicted molar refractivity (Wildman–Crippen MR) is 136 cm³/mol. The molecule has 2 aliphatic heterocycles. The normalized spacial score (nSPS) is 18.8. The molecule has 0 bridgehead atoms. The van der Waals surface area contributed by atoms with E-state index in [9.17, 15) is 22.8 Å². The van der Waals surface area contributed by atoms with Crippen LogP contribution in [-0.4, -0.2) is 72.0 Å². The predicted octanol–water partition coefficient (Wildman–Crippen LogP) is 1.51. The summed E-state index contributed by atoms with van der Waals surface area (Å²) in [4.78, 5) is 38.2. The van der Waals surface area contributed by atoms with E-state index in [-0.39, 0.29) is 16.8 Å². The second-order valence-corrected chi connectivity index (χ2v) is 10.3. The van der Waals surface area contributed by atoms with Gasteiger partial charge in [-0.05, 0) is 61.8 Å². The minimum Gasteiger partial charge on any atom is -0.478 e. The van der Waals surface area contributed by atoms with Crippen LogP contribution < -0.4 is 10.0 Å². The number of sulfonamides is 1. The molecule has 2 atom stereocenters. The zero-order chi connectivity index (χ0) is 27.9. The SMILES string of the molecule is CCN1CCCC1CNS(=O)(=O)c1ccc(C2C(=O)Nc3ccc(C#N)cc32)nc1.O=C(O)/C=C/C(=O)O. The Morgan fingerprint density at radius 2 is 1.95 bits per heavy atom. The molecule has 1 fully saturated rings. The summed E-state index contributed by atoms with van der Waals surface area (Å²) < 4.78 is 28.0. The van der Waals surface area contributed by atoms with Gasteiger partial charge in [-0.3, -0.25) is 14.7 Å². The number of nitriles is 1. The fourth-order valence-electron chi connectivity index (χ4n) is 4.32.